The van der Waals surface area contributed by atoms with Gasteiger partial charge in [-0.2, -0.15) is 0 Å². The highest BCUT2D eigenvalue weighted by Gasteiger charge is 2.15. The third-order valence-electron chi connectivity index (χ3n) is 4.64. The number of rotatable bonds is 8. The van der Waals surface area contributed by atoms with E-state index in [1.54, 1.807) is 0 Å². The molecule has 2 rings (SSSR count). The molecule has 2 aromatic rings. The van der Waals surface area contributed by atoms with Crippen LogP contribution in [0.25, 0.3) is 0 Å². The van der Waals surface area contributed by atoms with Gasteiger partial charge in [0.05, 0.1) is 13.2 Å². The van der Waals surface area contributed by atoms with Crippen LogP contribution in [0.3, 0.4) is 0 Å². The average Bonchev–Trinajstić information content (AvgIpc) is 2.59. The van der Waals surface area contributed by atoms with E-state index in [9.17, 15) is 0 Å². The van der Waals surface area contributed by atoms with Crippen molar-refractivity contribution in [3.8, 4) is 11.5 Å². The minimum absolute atomic E-state index is 0.0142. The Hall–Kier alpha value is -2.04. The van der Waals surface area contributed by atoms with Crippen molar-refractivity contribution in [2.24, 2.45) is 0 Å². The van der Waals surface area contributed by atoms with E-state index in [0.29, 0.717) is 13.2 Å². The lowest BCUT2D eigenvalue weighted by Gasteiger charge is -2.20. The first-order valence-electron chi connectivity index (χ1n) is 9.08. The molecule has 2 N–H and O–H groups in total. The summed E-state index contributed by atoms with van der Waals surface area (Å²) in [5.74, 6) is 1.95. The van der Waals surface area contributed by atoms with Crippen LogP contribution in [-0.4, -0.2) is 36.6 Å². The van der Waals surface area contributed by atoms with Crippen LogP contribution in [0.5, 0.6) is 11.5 Å². The van der Waals surface area contributed by atoms with E-state index in [2.05, 4.69) is 31.2 Å². The van der Waals surface area contributed by atoms with Crippen molar-refractivity contribution < 1.29 is 19.7 Å². The molecule has 0 unspecified atom stereocenters. The van der Waals surface area contributed by atoms with E-state index in [1.165, 1.54) is 11.1 Å². The Morgan fingerprint density at radius 2 is 1.00 bits per heavy atom. The molecule has 0 saturated heterocycles. The molecule has 142 valence electrons. The lowest BCUT2D eigenvalue weighted by molar-refractivity contribution is 0.200. The van der Waals surface area contributed by atoms with Gasteiger partial charge in [0.25, 0.3) is 0 Å². The number of benzene rings is 2. The molecule has 2 aromatic carbocycles. The van der Waals surface area contributed by atoms with Crippen LogP contribution in [0, 0.1) is 27.7 Å². The van der Waals surface area contributed by atoms with Crippen molar-refractivity contribution in [3.05, 3.63) is 57.6 Å². The first-order chi connectivity index (χ1) is 12.4. The second-order valence-electron chi connectivity index (χ2n) is 6.83. The van der Waals surface area contributed by atoms with Crippen LogP contribution in [-0.2, 0) is 0 Å². The summed E-state index contributed by atoms with van der Waals surface area (Å²) in [4.78, 5) is 0. The smallest absolute Gasteiger partial charge is 0.125 e. The molecule has 0 aliphatic heterocycles. The predicted octanol–water partition coefficient (Wildman–Crippen LogP) is 3.81. The largest absolute Gasteiger partial charge is 0.491 e. The Morgan fingerprint density at radius 3 is 1.27 bits per heavy atom. The number of aliphatic hydroxyl groups excluding tert-OH is 2. The normalized spacial score (nSPS) is 11.1. The highest BCUT2D eigenvalue weighted by atomic mass is 16.5. The summed E-state index contributed by atoms with van der Waals surface area (Å²) in [5, 5.41) is 18.0. The van der Waals surface area contributed by atoms with Crippen LogP contribution >= 0.6 is 0 Å². The van der Waals surface area contributed by atoms with Gasteiger partial charge in [0.1, 0.15) is 24.7 Å². The first-order valence-corrected chi connectivity index (χ1v) is 9.08. The number of ether oxygens (including phenoxy) is 2. The second kappa shape index (κ2) is 9.06. The van der Waals surface area contributed by atoms with E-state index in [1.807, 2.05) is 27.7 Å². The summed E-state index contributed by atoms with van der Waals surface area (Å²) in [7, 11) is 0. The molecule has 4 nitrogen and oxygen atoms in total. The summed E-state index contributed by atoms with van der Waals surface area (Å²) in [6.07, 6.45) is 0. The zero-order valence-corrected chi connectivity index (χ0v) is 16.4. The van der Waals surface area contributed by atoms with Gasteiger partial charge >= 0.3 is 0 Å². The van der Waals surface area contributed by atoms with Crippen molar-refractivity contribution in [2.75, 3.05) is 26.4 Å². The predicted molar refractivity (Wildman–Crippen MR) is 105 cm³/mol. The summed E-state index contributed by atoms with van der Waals surface area (Å²) in [6.45, 7) is 11.0. The molecule has 0 fully saturated rings. The maximum Gasteiger partial charge on any atom is 0.125 e. The monoisotopic (exact) mass is 358 g/mol. The Morgan fingerprint density at radius 1 is 0.692 bits per heavy atom. The maximum atomic E-state index is 8.98. The van der Waals surface area contributed by atoms with Gasteiger partial charge < -0.3 is 19.7 Å². The molecule has 0 aromatic heterocycles. The summed E-state index contributed by atoms with van der Waals surface area (Å²) in [5.41, 5.74) is 6.79. The number of hydrogen-bond acceptors (Lipinski definition) is 4. The molecular formula is C22H30O4. The van der Waals surface area contributed by atoms with E-state index >= 15 is 0 Å². The number of aliphatic hydroxyl groups is 2. The fraction of sp³-hybridized carbons (Fsp3) is 0.455. The highest BCUT2D eigenvalue weighted by molar-refractivity contribution is 5.49. The number of aryl methyl sites for hydroxylation is 4. The summed E-state index contributed by atoms with van der Waals surface area (Å²) >= 11 is 0. The lowest BCUT2D eigenvalue weighted by Crippen LogP contribution is -2.07. The molecule has 0 spiro atoms. The summed E-state index contributed by atoms with van der Waals surface area (Å²) in [6, 6.07) is 8.63. The van der Waals surface area contributed by atoms with Gasteiger partial charge in [0, 0.05) is 5.92 Å². The van der Waals surface area contributed by atoms with Crippen LogP contribution < -0.4 is 9.47 Å². The van der Waals surface area contributed by atoms with E-state index < -0.39 is 0 Å². The van der Waals surface area contributed by atoms with Crippen molar-refractivity contribution in [1.29, 1.82) is 0 Å². The number of hydrogen-bond donors (Lipinski definition) is 2. The molecule has 0 radical (unpaired) electrons. The van der Waals surface area contributed by atoms with Gasteiger partial charge in [0.15, 0.2) is 0 Å². The van der Waals surface area contributed by atoms with Crippen molar-refractivity contribution in [3.63, 3.8) is 0 Å². The zero-order chi connectivity index (χ0) is 19.3. The molecular weight excluding hydrogens is 328 g/mol. The van der Waals surface area contributed by atoms with E-state index in [4.69, 9.17) is 19.7 Å². The third kappa shape index (κ3) is 4.57. The summed E-state index contributed by atoms with van der Waals surface area (Å²) < 4.78 is 11.3. The molecule has 0 aliphatic carbocycles. The van der Waals surface area contributed by atoms with Crippen molar-refractivity contribution >= 4 is 0 Å². The standard InChI is InChI=1S/C22H30O4/c1-14-10-19(11-15(2)21(14)25-8-6-23)18(5)20-12-16(3)22(17(4)13-20)26-9-7-24/h10-13,18,23-24H,6-9H2,1-5H3. The second-order valence-corrected chi connectivity index (χ2v) is 6.83. The Bertz CT molecular complexity index is 642. The molecule has 0 amide bonds. The van der Waals surface area contributed by atoms with Gasteiger partial charge in [0.2, 0.25) is 0 Å². The van der Waals surface area contributed by atoms with Crippen LogP contribution in [0.2, 0.25) is 0 Å². The fourth-order valence-corrected chi connectivity index (χ4v) is 3.41. The van der Waals surface area contributed by atoms with Gasteiger partial charge in [-0.05, 0) is 61.1 Å². The van der Waals surface area contributed by atoms with Crippen molar-refractivity contribution in [2.45, 2.75) is 40.5 Å². The van der Waals surface area contributed by atoms with Gasteiger partial charge in [-0.1, -0.05) is 31.2 Å². The van der Waals surface area contributed by atoms with E-state index in [-0.39, 0.29) is 19.1 Å². The Balaban J connectivity index is 2.32. The third-order valence-corrected chi connectivity index (χ3v) is 4.64. The van der Waals surface area contributed by atoms with Gasteiger partial charge in [-0.25, -0.2) is 0 Å². The Kier molecular flexibility index (Phi) is 7.06. The van der Waals surface area contributed by atoms with Crippen LogP contribution in [0.15, 0.2) is 24.3 Å². The Labute approximate surface area is 156 Å². The minimum Gasteiger partial charge on any atom is -0.491 e. The van der Waals surface area contributed by atoms with Crippen LogP contribution in [0.1, 0.15) is 46.2 Å². The SMILES string of the molecule is Cc1cc(C(C)c2cc(C)c(OCCO)c(C)c2)cc(C)c1OCCO. The van der Waals surface area contributed by atoms with Gasteiger partial charge in [-0.15, -0.1) is 0 Å². The molecule has 26 heavy (non-hydrogen) atoms. The lowest BCUT2D eigenvalue weighted by atomic mass is 9.88. The molecule has 0 aliphatic rings. The maximum absolute atomic E-state index is 8.98. The average molecular weight is 358 g/mol. The first kappa shape index (κ1) is 20.3. The van der Waals surface area contributed by atoms with Gasteiger partial charge in [-0.3, -0.25) is 0 Å². The zero-order valence-electron chi connectivity index (χ0n) is 16.4. The highest BCUT2D eigenvalue weighted by Crippen LogP contribution is 2.34. The van der Waals surface area contributed by atoms with Crippen molar-refractivity contribution in [1.82, 2.24) is 0 Å². The molecule has 0 heterocycles. The quantitative estimate of drug-likeness (QED) is 0.753. The molecule has 0 bridgehead atoms. The topological polar surface area (TPSA) is 58.9 Å². The molecule has 4 heteroatoms. The molecule has 0 atom stereocenters. The van der Waals surface area contributed by atoms with Crippen LogP contribution in [0.4, 0.5) is 0 Å². The fourth-order valence-electron chi connectivity index (χ4n) is 3.41. The minimum atomic E-state index is 0.0142. The molecule has 0 saturated carbocycles. The van der Waals surface area contributed by atoms with E-state index in [0.717, 1.165) is 33.8 Å².